The first-order chi connectivity index (χ1) is 6.59. The van der Waals surface area contributed by atoms with Gasteiger partial charge in [0, 0.05) is 15.5 Å². The Kier molecular flexibility index (Phi) is 2.53. The summed E-state index contributed by atoms with van der Waals surface area (Å²) in [6.45, 7) is 1.92. The second-order valence-corrected chi connectivity index (χ2v) is 4.50. The Morgan fingerprint density at radius 3 is 2.71 bits per heavy atom. The van der Waals surface area contributed by atoms with Crippen LogP contribution in [0.4, 0.5) is 0 Å². The van der Waals surface area contributed by atoms with Crippen LogP contribution >= 0.6 is 22.9 Å². The van der Waals surface area contributed by atoms with Gasteiger partial charge in [-0.2, -0.15) is 0 Å². The van der Waals surface area contributed by atoms with Crippen LogP contribution in [0.5, 0.6) is 0 Å². The molecule has 1 heterocycles. The first kappa shape index (κ1) is 9.99. The van der Waals surface area contributed by atoms with Crippen molar-refractivity contribution in [1.82, 2.24) is 0 Å². The average molecular weight is 226 g/mol. The molecule has 0 unspecified atom stereocenters. The number of rotatable bonds is 1. The molecule has 0 bridgehead atoms. The molecule has 0 atom stereocenters. The summed E-state index contributed by atoms with van der Waals surface area (Å²) >= 11 is 7.47. The van der Waals surface area contributed by atoms with Gasteiger partial charge in [-0.3, -0.25) is 0 Å². The van der Waals surface area contributed by atoms with Crippen LogP contribution in [0, 0.1) is 6.92 Å². The highest BCUT2D eigenvalue weighted by molar-refractivity contribution is 7.18. The lowest BCUT2D eigenvalue weighted by molar-refractivity contribution is 0.426. The van der Waals surface area contributed by atoms with Crippen molar-refractivity contribution in [3.05, 3.63) is 28.1 Å². The molecule has 0 amide bonds. The van der Waals surface area contributed by atoms with Crippen molar-refractivity contribution < 1.29 is 10.0 Å². The van der Waals surface area contributed by atoms with E-state index in [2.05, 4.69) is 0 Å². The van der Waals surface area contributed by atoms with Gasteiger partial charge < -0.3 is 10.0 Å². The Hall–Kier alpha value is -0.545. The maximum absolute atomic E-state index is 9.19. The van der Waals surface area contributed by atoms with E-state index in [9.17, 15) is 10.0 Å². The SMILES string of the molecule is Cc1cc(B(O)O)c2c(Cl)csc2c1. The van der Waals surface area contributed by atoms with Crippen molar-refractivity contribution in [3.63, 3.8) is 0 Å². The van der Waals surface area contributed by atoms with Crippen molar-refractivity contribution in [2.45, 2.75) is 6.92 Å². The molecule has 5 heteroatoms. The molecule has 14 heavy (non-hydrogen) atoms. The first-order valence-corrected chi connectivity index (χ1v) is 5.38. The van der Waals surface area contributed by atoms with Gasteiger partial charge in [0.2, 0.25) is 0 Å². The van der Waals surface area contributed by atoms with Crippen LogP contribution in [-0.2, 0) is 0 Å². The van der Waals surface area contributed by atoms with E-state index in [4.69, 9.17) is 11.6 Å². The number of fused-ring (bicyclic) bond motifs is 1. The van der Waals surface area contributed by atoms with Gasteiger partial charge in [-0.25, -0.2) is 0 Å². The van der Waals surface area contributed by atoms with E-state index in [1.165, 1.54) is 11.3 Å². The second-order valence-electron chi connectivity index (χ2n) is 3.18. The molecule has 0 aliphatic heterocycles. The van der Waals surface area contributed by atoms with Crippen LogP contribution in [-0.4, -0.2) is 17.2 Å². The minimum absolute atomic E-state index is 0.478. The van der Waals surface area contributed by atoms with E-state index >= 15 is 0 Å². The maximum atomic E-state index is 9.19. The number of benzene rings is 1. The summed E-state index contributed by atoms with van der Waals surface area (Å²) in [5, 5.41) is 21.5. The topological polar surface area (TPSA) is 40.5 Å². The Labute approximate surface area is 90.9 Å². The lowest BCUT2D eigenvalue weighted by Gasteiger charge is -2.04. The fourth-order valence-electron chi connectivity index (χ4n) is 1.51. The minimum atomic E-state index is -1.47. The van der Waals surface area contributed by atoms with E-state index in [0.29, 0.717) is 10.5 Å². The maximum Gasteiger partial charge on any atom is 0.489 e. The fraction of sp³-hybridized carbons (Fsp3) is 0.111. The fourth-order valence-corrected chi connectivity index (χ4v) is 2.86. The Morgan fingerprint density at radius 1 is 1.36 bits per heavy atom. The molecule has 72 valence electrons. The molecule has 0 radical (unpaired) electrons. The van der Waals surface area contributed by atoms with Gasteiger partial charge >= 0.3 is 7.12 Å². The summed E-state index contributed by atoms with van der Waals surface area (Å²) in [5.41, 5.74) is 1.48. The van der Waals surface area contributed by atoms with Crippen molar-refractivity contribution >= 4 is 45.6 Å². The van der Waals surface area contributed by atoms with E-state index < -0.39 is 7.12 Å². The molecule has 2 aromatic rings. The van der Waals surface area contributed by atoms with E-state index in [1.807, 2.05) is 13.0 Å². The molecule has 1 aromatic carbocycles. The van der Waals surface area contributed by atoms with Crippen LogP contribution in [0.2, 0.25) is 5.02 Å². The van der Waals surface area contributed by atoms with Gasteiger partial charge in [0.15, 0.2) is 0 Å². The standard InChI is InChI=1S/C9H8BClO2S/c1-5-2-6(10(12)13)9-7(11)4-14-8(9)3-5/h2-4,12-13H,1H3. The van der Waals surface area contributed by atoms with E-state index in [0.717, 1.165) is 15.6 Å². The van der Waals surface area contributed by atoms with Crippen molar-refractivity contribution in [2.75, 3.05) is 0 Å². The molecule has 0 aliphatic carbocycles. The van der Waals surface area contributed by atoms with Crippen LogP contribution < -0.4 is 5.46 Å². The number of hydrogen-bond acceptors (Lipinski definition) is 3. The van der Waals surface area contributed by atoms with Crippen LogP contribution in [0.3, 0.4) is 0 Å². The molecule has 2 nitrogen and oxygen atoms in total. The predicted molar refractivity (Wildman–Crippen MR) is 61.4 cm³/mol. The Bertz CT molecular complexity index is 481. The van der Waals surface area contributed by atoms with Crippen molar-refractivity contribution in [1.29, 1.82) is 0 Å². The zero-order valence-electron chi connectivity index (χ0n) is 7.49. The van der Waals surface area contributed by atoms with Gasteiger partial charge in [-0.05, 0) is 18.5 Å². The summed E-state index contributed by atoms with van der Waals surface area (Å²) in [7, 11) is -1.47. The van der Waals surface area contributed by atoms with Gasteiger partial charge in [0.05, 0.1) is 5.02 Å². The van der Waals surface area contributed by atoms with E-state index in [-0.39, 0.29) is 0 Å². The third-order valence-electron chi connectivity index (χ3n) is 2.08. The number of halogens is 1. The van der Waals surface area contributed by atoms with Crippen LogP contribution in [0.25, 0.3) is 10.1 Å². The van der Waals surface area contributed by atoms with Gasteiger partial charge in [0.25, 0.3) is 0 Å². The molecular weight excluding hydrogens is 218 g/mol. The lowest BCUT2D eigenvalue weighted by atomic mass is 9.77. The van der Waals surface area contributed by atoms with Gasteiger partial charge in [-0.15, -0.1) is 11.3 Å². The molecule has 0 saturated carbocycles. The first-order valence-electron chi connectivity index (χ1n) is 4.13. The van der Waals surface area contributed by atoms with Crippen LogP contribution in [0.15, 0.2) is 17.5 Å². The van der Waals surface area contributed by atoms with Crippen molar-refractivity contribution in [3.8, 4) is 0 Å². The third-order valence-corrected chi connectivity index (χ3v) is 3.44. The molecular formula is C9H8BClO2S. The summed E-state index contributed by atoms with van der Waals surface area (Å²) in [4.78, 5) is 0. The summed E-state index contributed by atoms with van der Waals surface area (Å²) < 4.78 is 0.984. The van der Waals surface area contributed by atoms with Gasteiger partial charge in [0.1, 0.15) is 0 Å². The molecule has 1 aromatic heterocycles. The summed E-state index contributed by atoms with van der Waals surface area (Å²) in [6, 6.07) is 3.73. The highest BCUT2D eigenvalue weighted by atomic mass is 35.5. The molecule has 0 spiro atoms. The smallest absolute Gasteiger partial charge is 0.423 e. The van der Waals surface area contributed by atoms with Crippen LogP contribution in [0.1, 0.15) is 5.56 Å². The second kappa shape index (κ2) is 3.55. The molecule has 2 N–H and O–H groups in total. The molecule has 2 rings (SSSR count). The highest BCUT2D eigenvalue weighted by Crippen LogP contribution is 2.29. The predicted octanol–water partition coefficient (Wildman–Crippen LogP) is 1.54. The monoisotopic (exact) mass is 226 g/mol. The minimum Gasteiger partial charge on any atom is -0.423 e. The largest absolute Gasteiger partial charge is 0.489 e. The number of hydrogen-bond donors (Lipinski definition) is 2. The lowest BCUT2D eigenvalue weighted by Crippen LogP contribution is -2.30. The molecule has 0 fully saturated rings. The normalized spacial score (nSPS) is 10.9. The highest BCUT2D eigenvalue weighted by Gasteiger charge is 2.18. The van der Waals surface area contributed by atoms with E-state index in [1.54, 1.807) is 11.4 Å². The Morgan fingerprint density at radius 2 is 2.07 bits per heavy atom. The summed E-state index contributed by atoms with van der Waals surface area (Å²) in [6.07, 6.45) is 0. The third kappa shape index (κ3) is 1.55. The molecule has 0 saturated heterocycles. The summed E-state index contributed by atoms with van der Waals surface area (Å²) in [5.74, 6) is 0. The zero-order valence-corrected chi connectivity index (χ0v) is 9.06. The molecule has 0 aliphatic rings. The number of thiophene rings is 1. The van der Waals surface area contributed by atoms with Crippen molar-refractivity contribution in [2.24, 2.45) is 0 Å². The quantitative estimate of drug-likeness (QED) is 0.724. The van der Waals surface area contributed by atoms with Gasteiger partial charge in [-0.1, -0.05) is 23.2 Å². The zero-order chi connectivity index (χ0) is 10.3. The Balaban J connectivity index is 2.83. The number of aryl methyl sites for hydroxylation is 1. The average Bonchev–Trinajstić information content (AvgIpc) is 2.46.